The summed E-state index contributed by atoms with van der Waals surface area (Å²) < 4.78 is 56.9. The second-order valence-corrected chi connectivity index (χ2v) is 10.1. The van der Waals surface area contributed by atoms with Crippen LogP contribution in [-0.2, 0) is 66.5 Å². The maximum absolute atomic E-state index is 12.2. The molecule has 0 spiro atoms. The van der Waals surface area contributed by atoms with E-state index in [2.05, 4.69) is 0 Å². The van der Waals surface area contributed by atoms with Crippen LogP contribution in [-0.4, -0.2) is 111 Å². The molecule has 0 aromatic heterocycles. The van der Waals surface area contributed by atoms with Crippen molar-refractivity contribution in [2.75, 3.05) is 20.3 Å². The van der Waals surface area contributed by atoms with Gasteiger partial charge in [0, 0.05) is 40.4 Å². The number of aliphatic hydroxyl groups excluding tert-OH is 1. The van der Waals surface area contributed by atoms with Crippen LogP contribution < -0.4 is 0 Å². The first kappa shape index (κ1) is 32.7. The Morgan fingerprint density at radius 1 is 0.791 bits per heavy atom. The number of hydrogen-bond donors (Lipinski definition) is 1. The Balaban J connectivity index is 1.64. The van der Waals surface area contributed by atoms with Crippen LogP contribution in [0.15, 0.2) is 30.3 Å². The number of carbonyl (C=O) groups excluding carboxylic acids is 4. The fourth-order valence-corrected chi connectivity index (χ4v) is 5.13. The van der Waals surface area contributed by atoms with Gasteiger partial charge in [-0.3, -0.25) is 19.2 Å². The lowest BCUT2D eigenvalue weighted by Gasteiger charge is -2.49. The van der Waals surface area contributed by atoms with E-state index in [1.54, 1.807) is 0 Å². The average Bonchev–Trinajstić information content (AvgIpc) is 2.95. The third-order valence-electron chi connectivity index (χ3n) is 6.85. The number of benzene rings is 1. The Bertz CT molecular complexity index is 1130. The van der Waals surface area contributed by atoms with E-state index < -0.39 is 98.2 Å². The number of methoxy groups -OCH3 is 1. The highest BCUT2D eigenvalue weighted by atomic mass is 16.8. The summed E-state index contributed by atoms with van der Waals surface area (Å²) in [5.41, 5.74) is 0.721. The summed E-state index contributed by atoms with van der Waals surface area (Å²) in [5.74, 6) is -3.04. The smallest absolute Gasteiger partial charge is 0.303 e. The van der Waals surface area contributed by atoms with Crippen molar-refractivity contribution in [2.45, 2.75) is 95.4 Å². The largest absolute Gasteiger partial charge is 0.463 e. The topological polar surface area (TPSA) is 181 Å². The molecule has 0 aliphatic carbocycles. The minimum atomic E-state index is -1.57. The molecule has 15 nitrogen and oxygen atoms in total. The van der Waals surface area contributed by atoms with E-state index >= 15 is 0 Å². The van der Waals surface area contributed by atoms with Gasteiger partial charge in [-0.15, -0.1) is 0 Å². The first-order valence-electron chi connectivity index (χ1n) is 13.6. The van der Waals surface area contributed by atoms with Gasteiger partial charge in [0.15, 0.2) is 37.2 Å². The third-order valence-corrected chi connectivity index (χ3v) is 6.85. The SMILES string of the molecule is CO[C@H]1O[C@@H]2COC(c3ccccc3)O[C@@H]2[C@H](O)[C@H]1O[C@H]1O[C@H](COC(C)=O)[C@@H](OC(C)=O)[C@H](OC(C)=O)[C@H]1OC(C)=O. The van der Waals surface area contributed by atoms with E-state index in [1.807, 2.05) is 30.3 Å². The lowest BCUT2D eigenvalue weighted by molar-refractivity contribution is -0.391. The van der Waals surface area contributed by atoms with Crippen molar-refractivity contribution in [1.29, 1.82) is 0 Å². The van der Waals surface area contributed by atoms with Crippen molar-refractivity contribution in [3.05, 3.63) is 35.9 Å². The summed E-state index contributed by atoms with van der Waals surface area (Å²) >= 11 is 0. The van der Waals surface area contributed by atoms with Crippen LogP contribution in [0.2, 0.25) is 0 Å². The van der Waals surface area contributed by atoms with Crippen LogP contribution in [0.1, 0.15) is 39.5 Å². The number of esters is 4. The lowest BCUT2D eigenvalue weighted by atomic mass is 9.96. The maximum atomic E-state index is 12.2. The Morgan fingerprint density at radius 3 is 2.02 bits per heavy atom. The van der Waals surface area contributed by atoms with Crippen molar-refractivity contribution < 1.29 is 71.7 Å². The summed E-state index contributed by atoms with van der Waals surface area (Å²) in [6.07, 6.45) is -13.5. The molecule has 3 fully saturated rings. The molecule has 3 aliphatic heterocycles. The van der Waals surface area contributed by atoms with E-state index in [-0.39, 0.29) is 6.61 Å². The van der Waals surface area contributed by atoms with Gasteiger partial charge in [0.05, 0.1) is 6.61 Å². The number of rotatable bonds is 9. The van der Waals surface area contributed by atoms with Gasteiger partial charge in [-0.25, -0.2) is 0 Å². The molecule has 1 unspecified atom stereocenters. The molecule has 1 aromatic rings. The molecule has 0 saturated carbocycles. The molecule has 3 heterocycles. The van der Waals surface area contributed by atoms with E-state index in [4.69, 9.17) is 47.4 Å². The van der Waals surface area contributed by atoms with Crippen LogP contribution in [0.4, 0.5) is 0 Å². The fraction of sp³-hybridized carbons (Fsp3) is 0.643. The lowest BCUT2D eigenvalue weighted by Crippen LogP contribution is -2.67. The van der Waals surface area contributed by atoms with Gasteiger partial charge < -0.3 is 52.5 Å². The van der Waals surface area contributed by atoms with Crippen molar-refractivity contribution in [3.63, 3.8) is 0 Å². The maximum Gasteiger partial charge on any atom is 0.303 e. The highest BCUT2D eigenvalue weighted by Crippen LogP contribution is 2.37. The van der Waals surface area contributed by atoms with Gasteiger partial charge in [-0.1, -0.05) is 30.3 Å². The zero-order valence-corrected chi connectivity index (χ0v) is 24.3. The number of carbonyl (C=O) groups is 4. The molecule has 11 atom stereocenters. The van der Waals surface area contributed by atoms with E-state index in [0.717, 1.165) is 33.3 Å². The molecular formula is C28H36O15. The van der Waals surface area contributed by atoms with Crippen LogP contribution >= 0.6 is 0 Å². The molecule has 1 aromatic carbocycles. The Hall–Kier alpha value is -3.18. The molecule has 3 aliphatic rings. The molecule has 4 rings (SSSR count). The van der Waals surface area contributed by atoms with Gasteiger partial charge in [0.2, 0.25) is 0 Å². The standard InChI is InChI=1S/C28H36O15/c1-13(29)35-11-19-22(37-14(2)30)24(38-15(3)31)25(39-16(4)32)28(41-19)43-23-20(33)21-18(40-27(23)34-5)12-36-26(42-21)17-9-7-6-8-10-17/h6-10,18-28,33H,11-12H2,1-5H3/t18-,19-,20+,21+,22-,23-,24+,25-,26?,27+,28-/m1/s1. The normalized spacial score (nSPS) is 35.6. The molecule has 1 N–H and O–H groups in total. The quantitative estimate of drug-likeness (QED) is 0.297. The van der Waals surface area contributed by atoms with Gasteiger partial charge >= 0.3 is 23.9 Å². The molecule has 0 bridgehead atoms. The number of hydrogen-bond acceptors (Lipinski definition) is 15. The molecule has 15 heteroatoms. The van der Waals surface area contributed by atoms with Crippen LogP contribution in [0.25, 0.3) is 0 Å². The highest BCUT2D eigenvalue weighted by Gasteiger charge is 2.56. The molecule has 3 saturated heterocycles. The van der Waals surface area contributed by atoms with Crippen molar-refractivity contribution in [3.8, 4) is 0 Å². The minimum Gasteiger partial charge on any atom is -0.463 e. The highest BCUT2D eigenvalue weighted by molar-refractivity contribution is 5.68. The zero-order valence-electron chi connectivity index (χ0n) is 24.3. The Kier molecular flexibility index (Phi) is 11.1. The average molecular weight is 613 g/mol. The molecule has 0 radical (unpaired) electrons. The van der Waals surface area contributed by atoms with Crippen LogP contribution in [0, 0.1) is 0 Å². The summed E-state index contributed by atoms with van der Waals surface area (Å²) in [6.45, 7) is 4.12. The summed E-state index contributed by atoms with van der Waals surface area (Å²) in [4.78, 5) is 47.9. The number of ether oxygens (including phenoxy) is 10. The van der Waals surface area contributed by atoms with Gasteiger partial charge in [0.25, 0.3) is 0 Å². The number of aliphatic hydroxyl groups is 1. The Morgan fingerprint density at radius 2 is 1.42 bits per heavy atom. The van der Waals surface area contributed by atoms with E-state index in [0.29, 0.717) is 0 Å². The fourth-order valence-electron chi connectivity index (χ4n) is 5.13. The summed E-state index contributed by atoms with van der Waals surface area (Å²) in [6, 6.07) is 9.10. The monoisotopic (exact) mass is 612 g/mol. The van der Waals surface area contributed by atoms with Gasteiger partial charge in [0.1, 0.15) is 37.1 Å². The minimum absolute atomic E-state index is 0.0763. The van der Waals surface area contributed by atoms with Gasteiger partial charge in [-0.2, -0.15) is 0 Å². The van der Waals surface area contributed by atoms with Crippen molar-refractivity contribution in [2.24, 2.45) is 0 Å². The van der Waals surface area contributed by atoms with Crippen molar-refractivity contribution in [1.82, 2.24) is 0 Å². The zero-order chi connectivity index (χ0) is 31.3. The molecular weight excluding hydrogens is 576 g/mol. The first-order chi connectivity index (χ1) is 20.5. The van der Waals surface area contributed by atoms with E-state index in [9.17, 15) is 24.3 Å². The second-order valence-electron chi connectivity index (χ2n) is 10.1. The predicted molar refractivity (Wildman–Crippen MR) is 139 cm³/mol. The second kappa shape index (κ2) is 14.5. The van der Waals surface area contributed by atoms with Crippen LogP contribution in [0.5, 0.6) is 0 Å². The summed E-state index contributed by atoms with van der Waals surface area (Å²) in [5, 5.41) is 11.5. The van der Waals surface area contributed by atoms with E-state index in [1.165, 1.54) is 7.11 Å². The molecule has 43 heavy (non-hydrogen) atoms. The molecule has 238 valence electrons. The third kappa shape index (κ3) is 8.06. The number of fused-ring (bicyclic) bond motifs is 1. The van der Waals surface area contributed by atoms with Gasteiger partial charge in [-0.05, 0) is 0 Å². The summed E-state index contributed by atoms with van der Waals surface area (Å²) in [7, 11) is 1.33. The Labute approximate surface area is 247 Å². The first-order valence-corrected chi connectivity index (χ1v) is 13.6. The van der Waals surface area contributed by atoms with Crippen LogP contribution in [0.3, 0.4) is 0 Å². The van der Waals surface area contributed by atoms with Crippen molar-refractivity contribution >= 4 is 23.9 Å². The molecule has 0 amide bonds. The predicted octanol–water partition coefficient (Wildman–Crippen LogP) is 0.301.